The molecule has 162 valence electrons. The van der Waals surface area contributed by atoms with Crippen LogP contribution < -0.4 is 5.32 Å². The zero-order valence-electron chi connectivity index (χ0n) is 18.2. The number of carbonyl (C=O) groups is 1. The molecule has 2 aromatic carbocycles. The van der Waals surface area contributed by atoms with Gasteiger partial charge in [-0.2, -0.15) is 5.10 Å². The quantitative estimate of drug-likeness (QED) is 0.638. The first-order chi connectivity index (χ1) is 15.1. The lowest BCUT2D eigenvalue weighted by molar-refractivity contribution is 0.0886. The van der Waals surface area contributed by atoms with Crippen molar-refractivity contribution in [3.63, 3.8) is 0 Å². The van der Waals surface area contributed by atoms with E-state index >= 15 is 0 Å². The largest absolute Gasteiger partial charge is 0.350 e. The van der Waals surface area contributed by atoms with Crippen LogP contribution in [0.25, 0.3) is 0 Å². The van der Waals surface area contributed by atoms with Crippen molar-refractivity contribution >= 4 is 5.91 Å². The molecule has 3 aromatic rings. The molecule has 1 amide bonds. The first kappa shape index (κ1) is 21.2. The van der Waals surface area contributed by atoms with E-state index in [1.165, 1.54) is 17.5 Å². The fourth-order valence-corrected chi connectivity index (χ4v) is 3.93. The lowest BCUT2D eigenvalue weighted by atomic mass is 10.0. The third-order valence-corrected chi connectivity index (χ3v) is 5.92. The van der Waals surface area contributed by atoms with Crippen LogP contribution >= 0.6 is 0 Å². The van der Waals surface area contributed by atoms with Crippen LogP contribution in [0.3, 0.4) is 0 Å². The lowest BCUT2D eigenvalue weighted by Gasteiger charge is -2.38. The fourth-order valence-electron chi connectivity index (χ4n) is 3.93. The first-order valence-electron chi connectivity index (χ1n) is 10.8. The Hall–Kier alpha value is -3.03. The number of hydrogen-bond acceptors (Lipinski definition) is 5. The maximum absolute atomic E-state index is 12.8. The Bertz CT molecular complexity index is 960. The number of aromatic nitrogens is 3. The average Bonchev–Trinajstić information content (AvgIpc) is 3.29. The molecule has 1 N–H and O–H groups in total. The van der Waals surface area contributed by atoms with Crippen molar-refractivity contribution in [1.82, 2.24) is 29.9 Å². The average molecular weight is 419 g/mol. The summed E-state index contributed by atoms with van der Waals surface area (Å²) in [6.07, 6.45) is 3.21. The number of aryl methyl sites for hydroxylation is 1. The normalized spacial score (nSPS) is 16.2. The Labute approximate surface area is 183 Å². The van der Waals surface area contributed by atoms with Crippen molar-refractivity contribution in [2.45, 2.75) is 19.5 Å². The molecule has 1 fully saturated rings. The van der Waals surface area contributed by atoms with Gasteiger partial charge in [-0.1, -0.05) is 42.0 Å². The summed E-state index contributed by atoms with van der Waals surface area (Å²) in [5.41, 5.74) is 4.25. The van der Waals surface area contributed by atoms with Crippen LogP contribution in [-0.4, -0.2) is 70.2 Å². The van der Waals surface area contributed by atoms with Gasteiger partial charge >= 0.3 is 0 Å². The number of piperazine rings is 1. The predicted molar refractivity (Wildman–Crippen MR) is 121 cm³/mol. The standard InChI is InChI=1S/C24H30N6O/c1-19-3-7-21(8-4-19)23(29-13-11-28(2)12-14-29)15-26-24(31)22-9-5-20(6-10-22)16-30-18-25-17-27-30/h3-10,17-18,23H,11-16H2,1-2H3,(H,26,31). The molecule has 0 spiro atoms. The topological polar surface area (TPSA) is 66.3 Å². The van der Waals surface area contributed by atoms with Gasteiger partial charge in [-0.25, -0.2) is 9.67 Å². The predicted octanol–water partition coefficient (Wildman–Crippen LogP) is 2.35. The van der Waals surface area contributed by atoms with E-state index in [9.17, 15) is 4.79 Å². The van der Waals surface area contributed by atoms with Gasteiger partial charge in [0, 0.05) is 38.3 Å². The molecule has 0 saturated carbocycles. The summed E-state index contributed by atoms with van der Waals surface area (Å²) in [4.78, 5) is 21.6. The summed E-state index contributed by atoms with van der Waals surface area (Å²) >= 11 is 0. The SMILES string of the molecule is Cc1ccc(C(CNC(=O)c2ccc(Cn3cncn3)cc2)N2CCN(C)CC2)cc1. The Morgan fingerprint density at radius 1 is 1.03 bits per heavy atom. The molecule has 4 rings (SSSR count). The minimum absolute atomic E-state index is 0.0430. The summed E-state index contributed by atoms with van der Waals surface area (Å²) in [5, 5.41) is 7.28. The lowest BCUT2D eigenvalue weighted by Crippen LogP contribution is -2.48. The summed E-state index contributed by atoms with van der Waals surface area (Å²) in [5.74, 6) is -0.0430. The van der Waals surface area contributed by atoms with Crippen LogP contribution in [0, 0.1) is 6.92 Å². The van der Waals surface area contributed by atoms with Crippen LogP contribution in [0.1, 0.15) is 33.1 Å². The number of likely N-dealkylation sites (N-methyl/N-ethyl adjacent to an activating group) is 1. The number of rotatable bonds is 7. The number of carbonyl (C=O) groups excluding carboxylic acids is 1. The summed E-state index contributed by atoms with van der Waals surface area (Å²) in [6, 6.07) is 16.5. The number of benzene rings is 2. The third-order valence-electron chi connectivity index (χ3n) is 5.92. The number of hydrogen-bond donors (Lipinski definition) is 1. The van der Waals surface area contributed by atoms with E-state index in [0.29, 0.717) is 18.7 Å². The molecule has 1 aromatic heterocycles. The summed E-state index contributed by atoms with van der Waals surface area (Å²) < 4.78 is 1.76. The van der Waals surface area contributed by atoms with Crippen LogP contribution in [0.2, 0.25) is 0 Å². The molecule has 2 heterocycles. The molecule has 1 unspecified atom stereocenters. The van der Waals surface area contributed by atoms with E-state index in [4.69, 9.17) is 0 Å². The maximum Gasteiger partial charge on any atom is 0.251 e. The van der Waals surface area contributed by atoms with Gasteiger partial charge in [0.05, 0.1) is 12.6 Å². The van der Waals surface area contributed by atoms with E-state index in [-0.39, 0.29) is 11.9 Å². The number of nitrogens with zero attached hydrogens (tertiary/aromatic N) is 5. The molecule has 0 radical (unpaired) electrons. The van der Waals surface area contributed by atoms with Gasteiger partial charge in [0.1, 0.15) is 12.7 Å². The van der Waals surface area contributed by atoms with Gasteiger partial charge in [0.15, 0.2) is 0 Å². The van der Waals surface area contributed by atoms with Crippen molar-refractivity contribution in [2.75, 3.05) is 39.8 Å². The Morgan fingerprint density at radius 2 is 1.74 bits per heavy atom. The van der Waals surface area contributed by atoms with Crippen molar-refractivity contribution in [2.24, 2.45) is 0 Å². The maximum atomic E-state index is 12.8. The summed E-state index contributed by atoms with van der Waals surface area (Å²) in [7, 11) is 2.16. The van der Waals surface area contributed by atoms with Crippen LogP contribution in [-0.2, 0) is 6.54 Å². The molecule has 0 aliphatic carbocycles. The molecule has 1 saturated heterocycles. The summed E-state index contributed by atoms with van der Waals surface area (Å²) in [6.45, 7) is 7.42. The van der Waals surface area contributed by atoms with Gasteiger partial charge in [-0.15, -0.1) is 0 Å². The highest BCUT2D eigenvalue weighted by atomic mass is 16.1. The van der Waals surface area contributed by atoms with Gasteiger partial charge in [-0.05, 0) is 37.2 Å². The first-order valence-corrected chi connectivity index (χ1v) is 10.8. The van der Waals surface area contributed by atoms with Crippen molar-refractivity contribution in [3.05, 3.63) is 83.4 Å². The molecule has 7 nitrogen and oxygen atoms in total. The highest BCUT2D eigenvalue weighted by Gasteiger charge is 2.24. The zero-order valence-corrected chi connectivity index (χ0v) is 18.2. The zero-order chi connectivity index (χ0) is 21.6. The minimum Gasteiger partial charge on any atom is -0.350 e. The second kappa shape index (κ2) is 9.85. The van der Waals surface area contributed by atoms with E-state index < -0.39 is 0 Å². The van der Waals surface area contributed by atoms with E-state index in [1.807, 2.05) is 24.3 Å². The van der Waals surface area contributed by atoms with Gasteiger partial charge in [-0.3, -0.25) is 9.69 Å². The second-order valence-electron chi connectivity index (χ2n) is 8.27. The highest BCUT2D eigenvalue weighted by Crippen LogP contribution is 2.22. The Kier molecular flexibility index (Phi) is 6.74. The highest BCUT2D eigenvalue weighted by molar-refractivity contribution is 5.94. The van der Waals surface area contributed by atoms with Crippen molar-refractivity contribution in [1.29, 1.82) is 0 Å². The second-order valence-corrected chi connectivity index (χ2v) is 8.27. The molecular weight excluding hydrogens is 388 g/mol. The van der Waals surface area contributed by atoms with Gasteiger partial charge in [0.2, 0.25) is 0 Å². The molecular formula is C24H30N6O. The monoisotopic (exact) mass is 418 g/mol. The molecule has 31 heavy (non-hydrogen) atoms. The number of amides is 1. The molecule has 1 aliphatic rings. The van der Waals surface area contributed by atoms with Crippen LogP contribution in [0.5, 0.6) is 0 Å². The van der Waals surface area contributed by atoms with E-state index in [1.54, 1.807) is 11.0 Å². The van der Waals surface area contributed by atoms with Crippen molar-refractivity contribution in [3.8, 4) is 0 Å². The van der Waals surface area contributed by atoms with Crippen LogP contribution in [0.15, 0.2) is 61.2 Å². The van der Waals surface area contributed by atoms with E-state index in [2.05, 4.69) is 63.4 Å². The number of nitrogens with one attached hydrogen (secondary N) is 1. The van der Waals surface area contributed by atoms with Gasteiger partial charge in [0.25, 0.3) is 5.91 Å². The fraction of sp³-hybridized carbons (Fsp3) is 0.375. The van der Waals surface area contributed by atoms with Crippen molar-refractivity contribution < 1.29 is 4.79 Å². The minimum atomic E-state index is -0.0430. The third kappa shape index (κ3) is 5.57. The Balaban J connectivity index is 1.41. The Morgan fingerprint density at radius 3 is 2.39 bits per heavy atom. The van der Waals surface area contributed by atoms with E-state index in [0.717, 1.165) is 31.7 Å². The smallest absolute Gasteiger partial charge is 0.251 e. The molecule has 0 bridgehead atoms. The molecule has 1 atom stereocenters. The van der Waals surface area contributed by atoms with Gasteiger partial charge < -0.3 is 10.2 Å². The molecule has 1 aliphatic heterocycles. The molecule has 7 heteroatoms. The van der Waals surface area contributed by atoms with Crippen LogP contribution in [0.4, 0.5) is 0 Å².